The minimum atomic E-state index is -1.08. The van der Waals surface area contributed by atoms with Crippen LogP contribution in [-0.4, -0.2) is 27.7 Å². The van der Waals surface area contributed by atoms with Gasteiger partial charge in [0.2, 0.25) is 5.91 Å². The molecule has 0 saturated carbocycles. The Morgan fingerprint density at radius 2 is 1.86 bits per heavy atom. The lowest BCUT2D eigenvalue weighted by Crippen LogP contribution is -2.29. The van der Waals surface area contributed by atoms with Gasteiger partial charge in [0.15, 0.2) is 5.78 Å². The van der Waals surface area contributed by atoms with Gasteiger partial charge in [-0.2, -0.15) is 0 Å². The molecule has 1 unspecified atom stereocenters. The van der Waals surface area contributed by atoms with E-state index in [2.05, 4.69) is 0 Å². The standard InChI is InChI=1S/C16H17NO4/c1-10-15(11(2)18)13(8-14(19)20)16(21)17(10)9-12-6-4-3-5-7-12/h3-7,13H,8-9H2,1-2H3,(H,19,20). The van der Waals surface area contributed by atoms with E-state index in [1.807, 2.05) is 30.3 Å². The van der Waals surface area contributed by atoms with Crippen LogP contribution in [0.3, 0.4) is 0 Å². The van der Waals surface area contributed by atoms with Crippen LogP contribution in [-0.2, 0) is 20.9 Å². The summed E-state index contributed by atoms with van der Waals surface area (Å²) in [6, 6.07) is 9.40. The van der Waals surface area contributed by atoms with Crippen LogP contribution in [0.25, 0.3) is 0 Å². The summed E-state index contributed by atoms with van der Waals surface area (Å²) in [7, 11) is 0. The Bertz CT molecular complexity index is 618. The van der Waals surface area contributed by atoms with Gasteiger partial charge < -0.3 is 10.0 Å². The normalized spacial score (nSPS) is 18.3. The first kappa shape index (κ1) is 15.0. The predicted octanol–water partition coefficient (Wildman–Crippen LogP) is 1.98. The van der Waals surface area contributed by atoms with E-state index in [-0.39, 0.29) is 18.1 Å². The lowest BCUT2D eigenvalue weighted by molar-refractivity contribution is -0.142. The van der Waals surface area contributed by atoms with E-state index in [1.54, 1.807) is 6.92 Å². The van der Waals surface area contributed by atoms with Gasteiger partial charge in [-0.15, -0.1) is 0 Å². The molecule has 0 aromatic heterocycles. The maximum atomic E-state index is 12.4. The number of benzene rings is 1. The minimum Gasteiger partial charge on any atom is -0.481 e. The van der Waals surface area contributed by atoms with Crippen LogP contribution < -0.4 is 0 Å². The zero-order valence-electron chi connectivity index (χ0n) is 12.0. The first-order valence-corrected chi connectivity index (χ1v) is 6.70. The van der Waals surface area contributed by atoms with Crippen molar-refractivity contribution in [3.8, 4) is 0 Å². The zero-order chi connectivity index (χ0) is 15.6. The van der Waals surface area contributed by atoms with Crippen molar-refractivity contribution in [1.82, 2.24) is 4.90 Å². The topological polar surface area (TPSA) is 74.7 Å². The Morgan fingerprint density at radius 1 is 1.24 bits per heavy atom. The smallest absolute Gasteiger partial charge is 0.304 e. The number of hydrogen-bond donors (Lipinski definition) is 1. The minimum absolute atomic E-state index is 0.248. The molecule has 5 nitrogen and oxygen atoms in total. The molecule has 0 saturated heterocycles. The second-order valence-corrected chi connectivity index (χ2v) is 5.12. The fourth-order valence-corrected chi connectivity index (χ4v) is 2.70. The molecule has 1 aliphatic rings. The number of nitrogens with zero attached hydrogens (tertiary/aromatic N) is 1. The first-order chi connectivity index (χ1) is 9.91. The van der Waals surface area contributed by atoms with Crippen molar-refractivity contribution in [3.63, 3.8) is 0 Å². The Labute approximate surface area is 122 Å². The SMILES string of the molecule is CC(=O)C1=C(C)N(Cc2ccccc2)C(=O)C1CC(=O)O. The highest BCUT2D eigenvalue weighted by atomic mass is 16.4. The molecule has 1 aromatic carbocycles. The monoisotopic (exact) mass is 287 g/mol. The zero-order valence-corrected chi connectivity index (χ0v) is 12.0. The molecular weight excluding hydrogens is 270 g/mol. The molecule has 1 amide bonds. The van der Waals surface area contributed by atoms with Crippen molar-refractivity contribution in [2.24, 2.45) is 5.92 Å². The summed E-state index contributed by atoms with van der Waals surface area (Å²) in [5.74, 6) is -2.52. The summed E-state index contributed by atoms with van der Waals surface area (Å²) >= 11 is 0. The van der Waals surface area contributed by atoms with Gasteiger partial charge in [-0.1, -0.05) is 30.3 Å². The summed E-state index contributed by atoms with van der Waals surface area (Å²) in [4.78, 5) is 36.6. The van der Waals surface area contributed by atoms with Gasteiger partial charge >= 0.3 is 5.97 Å². The number of carbonyl (C=O) groups is 3. The van der Waals surface area contributed by atoms with E-state index in [4.69, 9.17) is 5.11 Å². The average Bonchev–Trinajstić information content (AvgIpc) is 2.64. The molecule has 0 fully saturated rings. The highest BCUT2D eigenvalue weighted by Gasteiger charge is 2.40. The quantitative estimate of drug-likeness (QED) is 0.898. The lowest BCUT2D eigenvalue weighted by Gasteiger charge is -2.19. The second-order valence-electron chi connectivity index (χ2n) is 5.12. The van der Waals surface area contributed by atoms with Crippen LogP contribution in [0.2, 0.25) is 0 Å². The van der Waals surface area contributed by atoms with Gasteiger partial charge in [0.25, 0.3) is 0 Å². The summed E-state index contributed by atoms with van der Waals surface area (Å²) in [5.41, 5.74) is 1.81. The average molecular weight is 287 g/mol. The lowest BCUT2D eigenvalue weighted by atomic mass is 9.94. The molecule has 1 heterocycles. The molecule has 0 bridgehead atoms. The van der Waals surface area contributed by atoms with E-state index in [0.29, 0.717) is 17.8 Å². The van der Waals surface area contributed by atoms with E-state index in [1.165, 1.54) is 11.8 Å². The molecule has 2 rings (SSSR count). The molecule has 110 valence electrons. The molecule has 1 aromatic rings. The summed E-state index contributed by atoms with van der Waals surface area (Å²) in [6.07, 6.45) is -0.351. The molecule has 1 aliphatic heterocycles. The maximum Gasteiger partial charge on any atom is 0.304 e. The van der Waals surface area contributed by atoms with Gasteiger partial charge in [0.05, 0.1) is 18.9 Å². The van der Waals surface area contributed by atoms with E-state index < -0.39 is 11.9 Å². The molecular formula is C16H17NO4. The van der Waals surface area contributed by atoms with Crippen molar-refractivity contribution in [2.45, 2.75) is 26.8 Å². The van der Waals surface area contributed by atoms with Crippen LogP contribution in [0, 0.1) is 5.92 Å². The van der Waals surface area contributed by atoms with Gasteiger partial charge in [-0.05, 0) is 19.4 Å². The molecule has 0 radical (unpaired) electrons. The van der Waals surface area contributed by atoms with Crippen LogP contribution in [0.15, 0.2) is 41.6 Å². The van der Waals surface area contributed by atoms with Crippen LogP contribution in [0.1, 0.15) is 25.8 Å². The number of carboxylic acid groups (broad SMARTS) is 1. The van der Waals surface area contributed by atoms with Crippen molar-refractivity contribution in [2.75, 3.05) is 0 Å². The number of rotatable bonds is 5. The Morgan fingerprint density at radius 3 is 2.38 bits per heavy atom. The number of amides is 1. The number of ketones is 1. The largest absolute Gasteiger partial charge is 0.481 e. The van der Waals surface area contributed by atoms with Crippen molar-refractivity contribution in [1.29, 1.82) is 0 Å². The molecule has 0 aliphatic carbocycles. The summed E-state index contributed by atoms with van der Waals surface area (Å²) < 4.78 is 0. The van der Waals surface area contributed by atoms with Gasteiger partial charge in [-0.3, -0.25) is 14.4 Å². The van der Waals surface area contributed by atoms with Crippen LogP contribution in [0.4, 0.5) is 0 Å². The fourth-order valence-electron chi connectivity index (χ4n) is 2.70. The van der Waals surface area contributed by atoms with Crippen LogP contribution in [0.5, 0.6) is 0 Å². The third kappa shape index (κ3) is 3.02. The molecule has 5 heteroatoms. The van der Waals surface area contributed by atoms with E-state index in [9.17, 15) is 14.4 Å². The number of hydrogen-bond acceptors (Lipinski definition) is 3. The highest BCUT2D eigenvalue weighted by molar-refractivity contribution is 6.05. The van der Waals surface area contributed by atoms with Gasteiger partial charge in [-0.25, -0.2) is 0 Å². The summed E-state index contributed by atoms with van der Waals surface area (Å²) in [5, 5.41) is 8.95. The maximum absolute atomic E-state index is 12.4. The third-order valence-corrected chi connectivity index (χ3v) is 3.65. The molecule has 0 spiro atoms. The number of Topliss-reactive ketones (excluding diaryl/α,β-unsaturated/α-hetero) is 1. The van der Waals surface area contributed by atoms with Crippen molar-refractivity contribution in [3.05, 3.63) is 47.2 Å². The fraction of sp³-hybridized carbons (Fsp3) is 0.312. The van der Waals surface area contributed by atoms with E-state index >= 15 is 0 Å². The molecule has 1 atom stereocenters. The van der Waals surface area contributed by atoms with E-state index in [0.717, 1.165) is 5.56 Å². The summed E-state index contributed by atoms with van der Waals surface area (Å²) in [6.45, 7) is 3.41. The van der Waals surface area contributed by atoms with Gasteiger partial charge in [0.1, 0.15) is 0 Å². The molecule has 21 heavy (non-hydrogen) atoms. The molecule has 1 N–H and O–H groups in total. The predicted molar refractivity (Wildman–Crippen MR) is 76.1 cm³/mol. The number of carboxylic acids is 1. The Hall–Kier alpha value is -2.43. The number of allylic oxidation sites excluding steroid dienone is 1. The number of carbonyl (C=O) groups excluding carboxylic acids is 2. The second kappa shape index (κ2) is 5.91. The Balaban J connectivity index is 2.32. The number of aliphatic carboxylic acids is 1. The van der Waals surface area contributed by atoms with Gasteiger partial charge in [0, 0.05) is 11.3 Å². The highest BCUT2D eigenvalue weighted by Crippen LogP contribution is 2.33. The first-order valence-electron chi connectivity index (χ1n) is 6.70. The van der Waals surface area contributed by atoms with Crippen molar-refractivity contribution < 1.29 is 19.5 Å². The Kier molecular flexibility index (Phi) is 4.21. The third-order valence-electron chi connectivity index (χ3n) is 3.65. The van der Waals surface area contributed by atoms with Crippen molar-refractivity contribution >= 4 is 17.7 Å². The van der Waals surface area contributed by atoms with Crippen LogP contribution >= 0.6 is 0 Å².